The summed E-state index contributed by atoms with van der Waals surface area (Å²) in [7, 11) is 1.25. The highest BCUT2D eigenvalue weighted by molar-refractivity contribution is 8.13. The first kappa shape index (κ1) is 12.0. The van der Waals surface area contributed by atoms with Gasteiger partial charge in [-0.1, -0.05) is 0 Å². The molecule has 0 unspecified atom stereocenters. The molecule has 17 heavy (non-hydrogen) atoms. The van der Waals surface area contributed by atoms with E-state index in [1.165, 1.54) is 0 Å². The molecule has 6 nitrogen and oxygen atoms in total. The number of nitrogens with zero attached hydrogens (tertiary/aromatic N) is 3. The van der Waals surface area contributed by atoms with Crippen LogP contribution in [0.4, 0.5) is 0 Å². The predicted octanol–water partition coefficient (Wildman–Crippen LogP) is 0.912. The second-order valence-corrected chi connectivity index (χ2v) is 5.82. The Morgan fingerprint density at radius 2 is 1.94 bits per heavy atom. The number of pyridine rings is 1. The highest BCUT2D eigenvalue weighted by Gasteiger charge is 2.16. The lowest BCUT2D eigenvalue weighted by atomic mass is 10.1. The van der Waals surface area contributed by atoms with E-state index in [1.807, 2.05) is 12.1 Å². The van der Waals surface area contributed by atoms with Crippen LogP contribution in [-0.2, 0) is 21.9 Å². The van der Waals surface area contributed by atoms with Crippen molar-refractivity contribution in [3.05, 3.63) is 35.9 Å². The van der Waals surface area contributed by atoms with Crippen LogP contribution < -0.4 is 0 Å². The molecular weight excluding hydrogens is 264 g/mol. The lowest BCUT2D eigenvalue weighted by Crippen LogP contribution is -1.95. The van der Waals surface area contributed by atoms with E-state index in [0.717, 1.165) is 12.0 Å². The molecule has 0 aliphatic rings. The molecule has 0 aliphatic heterocycles. The van der Waals surface area contributed by atoms with Gasteiger partial charge in [0, 0.05) is 29.5 Å². The van der Waals surface area contributed by atoms with Gasteiger partial charge in [0.15, 0.2) is 0 Å². The molecule has 8 heteroatoms. The van der Waals surface area contributed by atoms with Gasteiger partial charge in [-0.2, -0.15) is 0 Å². The summed E-state index contributed by atoms with van der Waals surface area (Å²) in [6.45, 7) is 0. The van der Waals surface area contributed by atoms with Crippen LogP contribution in [0.25, 0.3) is 0 Å². The molecule has 0 fully saturated rings. The zero-order chi connectivity index (χ0) is 12.3. The van der Waals surface area contributed by atoms with Gasteiger partial charge in [0.05, 0.1) is 0 Å². The largest absolute Gasteiger partial charge is 0.298 e. The number of aromatic amines is 1. The molecule has 0 spiro atoms. The van der Waals surface area contributed by atoms with Crippen LogP contribution in [0.2, 0.25) is 0 Å². The molecule has 2 aromatic rings. The zero-order valence-electron chi connectivity index (χ0n) is 8.67. The number of rotatable bonds is 4. The van der Waals surface area contributed by atoms with Gasteiger partial charge in [0.2, 0.25) is 0 Å². The molecule has 2 heterocycles. The van der Waals surface area contributed by atoms with Crippen LogP contribution in [0.3, 0.4) is 0 Å². The standard InChI is InChI=1S/C9H9ClN4O2S/c10-17(15,16)9-12-8(13-14-9)2-1-7-3-5-11-6-4-7/h3-6H,1-2H2,(H,12,13,14). The molecule has 0 radical (unpaired) electrons. The number of H-pyrrole nitrogens is 1. The Morgan fingerprint density at radius 3 is 2.53 bits per heavy atom. The number of hydrogen-bond donors (Lipinski definition) is 1. The van der Waals surface area contributed by atoms with Crippen molar-refractivity contribution in [2.24, 2.45) is 0 Å². The molecule has 2 aromatic heterocycles. The van der Waals surface area contributed by atoms with Crippen LogP contribution in [0.15, 0.2) is 29.7 Å². The van der Waals surface area contributed by atoms with Gasteiger partial charge in [-0.15, -0.1) is 5.10 Å². The molecule has 0 atom stereocenters. The molecule has 0 saturated heterocycles. The Hall–Kier alpha value is -1.47. The third-order valence-corrected chi connectivity index (χ3v) is 3.16. The van der Waals surface area contributed by atoms with Gasteiger partial charge >= 0.3 is 0 Å². The second-order valence-electron chi connectivity index (χ2n) is 3.36. The van der Waals surface area contributed by atoms with Crippen LogP contribution in [0.5, 0.6) is 0 Å². The second kappa shape index (κ2) is 4.80. The summed E-state index contributed by atoms with van der Waals surface area (Å²) in [5.41, 5.74) is 1.09. The van der Waals surface area contributed by atoms with E-state index >= 15 is 0 Å². The fourth-order valence-electron chi connectivity index (χ4n) is 1.31. The quantitative estimate of drug-likeness (QED) is 0.836. The molecule has 1 N–H and O–H groups in total. The third-order valence-electron chi connectivity index (χ3n) is 2.13. The first-order valence-corrected chi connectivity index (χ1v) is 7.11. The number of nitrogens with one attached hydrogen (secondary N) is 1. The average Bonchev–Trinajstić information content (AvgIpc) is 2.76. The maximum absolute atomic E-state index is 10.9. The lowest BCUT2D eigenvalue weighted by molar-refractivity contribution is 0.601. The van der Waals surface area contributed by atoms with E-state index < -0.39 is 9.05 Å². The van der Waals surface area contributed by atoms with Crippen molar-refractivity contribution in [3.63, 3.8) is 0 Å². The molecule has 0 aromatic carbocycles. The fraction of sp³-hybridized carbons (Fsp3) is 0.222. The molecular formula is C9H9ClN4O2S. The van der Waals surface area contributed by atoms with Gasteiger partial charge in [0.25, 0.3) is 14.2 Å². The first-order chi connectivity index (χ1) is 8.05. The number of hydrogen-bond acceptors (Lipinski definition) is 5. The molecule has 2 rings (SSSR count). The first-order valence-electron chi connectivity index (χ1n) is 4.80. The molecule has 90 valence electrons. The Morgan fingerprint density at radius 1 is 1.24 bits per heavy atom. The normalized spacial score (nSPS) is 11.6. The van der Waals surface area contributed by atoms with E-state index in [1.54, 1.807) is 12.4 Å². The Kier molecular flexibility index (Phi) is 3.39. The van der Waals surface area contributed by atoms with E-state index in [2.05, 4.69) is 20.2 Å². The highest BCUT2D eigenvalue weighted by atomic mass is 35.7. The SMILES string of the molecule is O=S(=O)(Cl)c1n[nH]c(CCc2ccncc2)n1. The van der Waals surface area contributed by atoms with Gasteiger partial charge in [-0.05, 0) is 24.1 Å². The highest BCUT2D eigenvalue weighted by Crippen LogP contribution is 2.09. The predicted molar refractivity (Wildman–Crippen MR) is 61.1 cm³/mol. The van der Waals surface area contributed by atoms with Crippen molar-refractivity contribution < 1.29 is 8.42 Å². The summed E-state index contributed by atoms with van der Waals surface area (Å²) in [6.07, 6.45) is 4.68. The van der Waals surface area contributed by atoms with Crippen molar-refractivity contribution in [1.82, 2.24) is 20.2 Å². The molecule has 0 saturated carbocycles. The van der Waals surface area contributed by atoms with Crippen LogP contribution in [0.1, 0.15) is 11.4 Å². The van der Waals surface area contributed by atoms with E-state index in [-0.39, 0.29) is 5.16 Å². The number of aromatic nitrogens is 4. The summed E-state index contributed by atoms with van der Waals surface area (Å²) in [6, 6.07) is 3.77. The Balaban J connectivity index is 2.04. The summed E-state index contributed by atoms with van der Waals surface area (Å²) in [5.74, 6) is 0.487. The van der Waals surface area contributed by atoms with Crippen molar-refractivity contribution in [2.45, 2.75) is 18.0 Å². The summed E-state index contributed by atoms with van der Waals surface area (Å²) >= 11 is 0. The van der Waals surface area contributed by atoms with Gasteiger partial charge < -0.3 is 0 Å². The molecule has 0 bridgehead atoms. The minimum atomic E-state index is -3.86. The Labute approximate surface area is 102 Å². The van der Waals surface area contributed by atoms with Crippen LogP contribution in [0, 0.1) is 0 Å². The van der Waals surface area contributed by atoms with E-state index in [0.29, 0.717) is 12.2 Å². The lowest BCUT2D eigenvalue weighted by Gasteiger charge is -1.96. The van der Waals surface area contributed by atoms with Crippen molar-refractivity contribution in [1.29, 1.82) is 0 Å². The van der Waals surface area contributed by atoms with Crippen LogP contribution in [-0.4, -0.2) is 28.6 Å². The van der Waals surface area contributed by atoms with E-state index in [9.17, 15) is 8.42 Å². The van der Waals surface area contributed by atoms with Gasteiger partial charge in [0.1, 0.15) is 5.82 Å². The van der Waals surface area contributed by atoms with Crippen molar-refractivity contribution in [3.8, 4) is 0 Å². The van der Waals surface area contributed by atoms with Crippen molar-refractivity contribution >= 4 is 19.7 Å². The average molecular weight is 273 g/mol. The minimum absolute atomic E-state index is 0.385. The summed E-state index contributed by atoms with van der Waals surface area (Å²) in [5, 5.41) is 5.69. The molecule has 0 amide bonds. The van der Waals surface area contributed by atoms with E-state index in [4.69, 9.17) is 10.7 Å². The van der Waals surface area contributed by atoms with Gasteiger partial charge in [-0.3, -0.25) is 10.1 Å². The Bertz CT molecular complexity index is 596. The maximum atomic E-state index is 10.9. The van der Waals surface area contributed by atoms with Gasteiger partial charge in [-0.25, -0.2) is 13.4 Å². The topological polar surface area (TPSA) is 88.6 Å². The monoisotopic (exact) mass is 272 g/mol. The smallest absolute Gasteiger partial charge is 0.265 e. The fourth-order valence-corrected chi connectivity index (χ4v) is 1.89. The zero-order valence-corrected chi connectivity index (χ0v) is 10.2. The van der Waals surface area contributed by atoms with Crippen molar-refractivity contribution in [2.75, 3.05) is 0 Å². The summed E-state index contributed by atoms with van der Waals surface area (Å²) in [4.78, 5) is 7.70. The molecule has 0 aliphatic carbocycles. The summed E-state index contributed by atoms with van der Waals surface area (Å²) < 4.78 is 21.9. The minimum Gasteiger partial charge on any atom is -0.265 e. The number of halogens is 1. The maximum Gasteiger partial charge on any atom is 0.298 e. The number of aryl methyl sites for hydroxylation is 2. The third kappa shape index (κ3) is 3.24. The van der Waals surface area contributed by atoms with Crippen LogP contribution >= 0.6 is 10.7 Å².